The summed E-state index contributed by atoms with van der Waals surface area (Å²) in [6.45, 7) is 0.250. The number of ether oxygens (including phenoxy) is 2. The first-order chi connectivity index (χ1) is 15.7. The van der Waals surface area contributed by atoms with Crippen molar-refractivity contribution < 1.29 is 27.6 Å². The lowest BCUT2D eigenvalue weighted by molar-refractivity contribution is -0.385. The Morgan fingerprint density at radius 3 is 2.30 bits per heavy atom. The van der Waals surface area contributed by atoms with Gasteiger partial charge in [0, 0.05) is 29.9 Å². The molecule has 0 heterocycles. The molecule has 0 radical (unpaired) electrons. The second kappa shape index (κ2) is 10.0. The van der Waals surface area contributed by atoms with Crippen molar-refractivity contribution in [3.05, 3.63) is 88.0 Å². The van der Waals surface area contributed by atoms with Crippen molar-refractivity contribution in [3.8, 4) is 11.5 Å². The number of hydrogen-bond donors (Lipinski definition) is 2. The van der Waals surface area contributed by atoms with Crippen LogP contribution in [0.3, 0.4) is 0 Å². The van der Waals surface area contributed by atoms with Crippen LogP contribution >= 0.6 is 0 Å². The minimum Gasteiger partial charge on any atom is -0.493 e. The zero-order valence-corrected chi connectivity index (χ0v) is 18.6. The largest absolute Gasteiger partial charge is 0.493 e. The number of methoxy groups -OCH3 is 2. The predicted molar refractivity (Wildman–Crippen MR) is 121 cm³/mol. The first kappa shape index (κ1) is 23.5. The molecule has 172 valence electrons. The molecule has 2 N–H and O–H groups in total. The van der Waals surface area contributed by atoms with E-state index >= 15 is 0 Å². The van der Waals surface area contributed by atoms with Crippen LogP contribution in [0, 0.1) is 10.1 Å². The zero-order valence-electron chi connectivity index (χ0n) is 17.8. The van der Waals surface area contributed by atoms with Crippen LogP contribution in [0.25, 0.3) is 0 Å². The molecular formula is C22H21N3O7S. The van der Waals surface area contributed by atoms with E-state index in [0.29, 0.717) is 17.1 Å². The number of non-ortho nitro benzene ring substituents is 1. The molecule has 0 unspecified atom stereocenters. The van der Waals surface area contributed by atoms with Crippen LogP contribution in [-0.2, 0) is 16.6 Å². The quantitative estimate of drug-likeness (QED) is 0.361. The van der Waals surface area contributed by atoms with Gasteiger partial charge in [-0.3, -0.25) is 19.6 Å². The third kappa shape index (κ3) is 5.77. The number of nitrogens with one attached hydrogen (secondary N) is 2. The summed E-state index contributed by atoms with van der Waals surface area (Å²) in [5.74, 6) is 0.776. The molecule has 3 aromatic rings. The maximum atomic E-state index is 12.5. The second-order valence-electron chi connectivity index (χ2n) is 6.81. The molecular weight excluding hydrogens is 450 g/mol. The molecule has 0 spiro atoms. The standard InChI is InChI=1S/C22H21N3O7S/c1-31-20-11-6-15(12-21(20)32-2)14-23-22(26)16-7-9-17(10-8-16)24-33(29,30)19-5-3-4-18(13-19)25(27)28/h3-13,24H,14H2,1-2H3,(H,23,26). The molecule has 1 amide bonds. The maximum absolute atomic E-state index is 12.5. The minimum atomic E-state index is -4.04. The molecule has 0 saturated carbocycles. The number of amides is 1. The molecule has 0 aliphatic carbocycles. The van der Waals surface area contributed by atoms with Gasteiger partial charge in [-0.25, -0.2) is 8.42 Å². The van der Waals surface area contributed by atoms with Crippen molar-refractivity contribution >= 4 is 27.3 Å². The summed E-state index contributed by atoms with van der Waals surface area (Å²) in [7, 11) is -0.981. The van der Waals surface area contributed by atoms with Crippen LogP contribution in [0.4, 0.5) is 11.4 Å². The van der Waals surface area contributed by atoms with Crippen LogP contribution < -0.4 is 19.5 Å². The van der Waals surface area contributed by atoms with Crippen molar-refractivity contribution in [3.63, 3.8) is 0 Å². The van der Waals surface area contributed by atoms with E-state index in [1.807, 2.05) is 0 Å². The van der Waals surface area contributed by atoms with Crippen LogP contribution in [0.15, 0.2) is 71.6 Å². The van der Waals surface area contributed by atoms with Gasteiger partial charge in [-0.05, 0) is 48.0 Å². The molecule has 0 aliphatic heterocycles. The van der Waals surface area contributed by atoms with Crippen molar-refractivity contribution in [2.45, 2.75) is 11.4 Å². The van der Waals surface area contributed by atoms with Gasteiger partial charge in [-0.2, -0.15) is 0 Å². The number of rotatable bonds is 9. The van der Waals surface area contributed by atoms with E-state index in [1.54, 1.807) is 18.2 Å². The smallest absolute Gasteiger partial charge is 0.270 e. The first-order valence-corrected chi connectivity index (χ1v) is 11.1. The number of nitro benzene ring substituents is 1. The maximum Gasteiger partial charge on any atom is 0.270 e. The Bertz CT molecular complexity index is 1280. The van der Waals surface area contributed by atoms with Gasteiger partial charge in [0.05, 0.1) is 24.0 Å². The summed E-state index contributed by atoms with van der Waals surface area (Å²) in [5.41, 5.74) is 1.01. The van der Waals surface area contributed by atoms with Crippen molar-refractivity contribution in [1.82, 2.24) is 5.32 Å². The van der Waals surface area contributed by atoms with E-state index in [-0.39, 0.29) is 28.7 Å². The Kier molecular flexibility index (Phi) is 7.13. The summed E-state index contributed by atoms with van der Waals surface area (Å²) in [4.78, 5) is 22.4. The lowest BCUT2D eigenvalue weighted by Crippen LogP contribution is -2.22. The number of sulfonamides is 1. The summed E-state index contributed by atoms with van der Waals surface area (Å²) >= 11 is 0. The van der Waals surface area contributed by atoms with Crippen LogP contribution in [0.1, 0.15) is 15.9 Å². The van der Waals surface area contributed by atoms with Gasteiger partial charge in [0.15, 0.2) is 11.5 Å². The van der Waals surface area contributed by atoms with Crippen LogP contribution in [0.2, 0.25) is 0 Å². The topological polar surface area (TPSA) is 137 Å². The highest BCUT2D eigenvalue weighted by Crippen LogP contribution is 2.27. The second-order valence-corrected chi connectivity index (χ2v) is 8.49. The van der Waals surface area contributed by atoms with Gasteiger partial charge in [-0.15, -0.1) is 0 Å². The molecule has 3 aromatic carbocycles. The number of anilines is 1. The fourth-order valence-electron chi connectivity index (χ4n) is 2.94. The molecule has 0 fully saturated rings. The molecule has 3 rings (SSSR count). The molecule has 0 atom stereocenters. The number of carbonyl (C=O) groups is 1. The van der Waals surface area contributed by atoms with Crippen molar-refractivity contribution in [2.24, 2.45) is 0 Å². The minimum absolute atomic E-state index is 0.206. The SMILES string of the molecule is COc1ccc(CNC(=O)c2ccc(NS(=O)(=O)c3cccc([N+](=O)[O-])c3)cc2)cc1OC. The van der Waals surface area contributed by atoms with Gasteiger partial charge in [0.1, 0.15) is 0 Å². The molecule has 10 nitrogen and oxygen atoms in total. The molecule has 33 heavy (non-hydrogen) atoms. The molecule has 0 aromatic heterocycles. The lowest BCUT2D eigenvalue weighted by Gasteiger charge is -2.11. The van der Waals surface area contributed by atoms with E-state index in [1.165, 1.54) is 56.7 Å². The Balaban J connectivity index is 1.65. The third-order valence-electron chi connectivity index (χ3n) is 4.64. The fourth-order valence-corrected chi connectivity index (χ4v) is 4.04. The summed E-state index contributed by atoms with van der Waals surface area (Å²) in [5, 5.41) is 13.7. The highest BCUT2D eigenvalue weighted by molar-refractivity contribution is 7.92. The van der Waals surface area contributed by atoms with E-state index in [2.05, 4.69) is 10.0 Å². The normalized spacial score (nSPS) is 10.8. The van der Waals surface area contributed by atoms with E-state index in [0.717, 1.165) is 11.6 Å². The summed E-state index contributed by atoms with van der Waals surface area (Å²) < 4.78 is 37.8. The van der Waals surface area contributed by atoms with Gasteiger partial charge in [0.25, 0.3) is 21.6 Å². The van der Waals surface area contributed by atoms with E-state index in [4.69, 9.17) is 9.47 Å². The molecule has 0 saturated heterocycles. The Hall–Kier alpha value is -4.12. The zero-order chi connectivity index (χ0) is 24.0. The Morgan fingerprint density at radius 1 is 0.970 bits per heavy atom. The third-order valence-corrected chi connectivity index (χ3v) is 6.02. The summed E-state index contributed by atoms with van der Waals surface area (Å²) in [6, 6.07) is 15.8. The van der Waals surface area contributed by atoms with Gasteiger partial charge in [-0.1, -0.05) is 12.1 Å². The van der Waals surface area contributed by atoms with Crippen LogP contribution in [0.5, 0.6) is 11.5 Å². The highest BCUT2D eigenvalue weighted by atomic mass is 32.2. The van der Waals surface area contributed by atoms with Crippen molar-refractivity contribution in [1.29, 1.82) is 0 Å². The number of nitro groups is 1. The number of hydrogen-bond acceptors (Lipinski definition) is 7. The fraction of sp³-hybridized carbons (Fsp3) is 0.136. The Labute approximate surface area is 190 Å². The molecule has 11 heteroatoms. The average molecular weight is 471 g/mol. The predicted octanol–water partition coefficient (Wildman–Crippen LogP) is 3.34. The van der Waals surface area contributed by atoms with Gasteiger partial charge >= 0.3 is 0 Å². The number of benzene rings is 3. The highest BCUT2D eigenvalue weighted by Gasteiger charge is 2.18. The summed E-state index contributed by atoms with van der Waals surface area (Å²) in [6.07, 6.45) is 0. The number of carbonyl (C=O) groups excluding carboxylic acids is 1. The molecule has 0 aliphatic rings. The monoisotopic (exact) mass is 471 g/mol. The van der Waals surface area contributed by atoms with E-state index in [9.17, 15) is 23.3 Å². The Morgan fingerprint density at radius 2 is 1.67 bits per heavy atom. The van der Waals surface area contributed by atoms with Gasteiger partial charge in [0.2, 0.25) is 0 Å². The van der Waals surface area contributed by atoms with Crippen LogP contribution in [-0.4, -0.2) is 33.5 Å². The number of nitrogens with zero attached hydrogens (tertiary/aromatic N) is 1. The van der Waals surface area contributed by atoms with Gasteiger partial charge < -0.3 is 14.8 Å². The van der Waals surface area contributed by atoms with Crippen molar-refractivity contribution in [2.75, 3.05) is 18.9 Å². The van der Waals surface area contributed by atoms with E-state index < -0.39 is 14.9 Å². The lowest BCUT2D eigenvalue weighted by atomic mass is 10.1. The molecule has 0 bridgehead atoms. The average Bonchev–Trinajstić information content (AvgIpc) is 2.82. The first-order valence-electron chi connectivity index (χ1n) is 9.60.